The fourth-order valence-corrected chi connectivity index (χ4v) is 7.04. The van der Waals surface area contributed by atoms with E-state index in [4.69, 9.17) is 0 Å². The van der Waals surface area contributed by atoms with Crippen LogP contribution >= 0.6 is 0 Å². The Hall–Kier alpha value is -1.84. The van der Waals surface area contributed by atoms with Crippen LogP contribution in [0.3, 0.4) is 0 Å². The number of halogens is 1. The van der Waals surface area contributed by atoms with Crippen molar-refractivity contribution < 1.29 is 9.18 Å². The molecule has 156 valence electrons. The molecule has 1 N–H and O–H groups in total. The highest BCUT2D eigenvalue weighted by Crippen LogP contribution is 2.59. The maximum Gasteiger partial charge on any atom is 0.253 e. The maximum absolute atomic E-state index is 13.2. The number of hydrogen-bond acceptors (Lipinski definition) is 1. The number of carbonyl (C=O) groups excluding carboxylic acids is 1. The Balaban J connectivity index is 1.30. The number of para-hydroxylation sites is 1. The first-order valence-electron chi connectivity index (χ1n) is 11.6. The van der Waals surface area contributed by atoms with Crippen molar-refractivity contribution in [1.29, 1.82) is 0 Å². The quantitative estimate of drug-likeness (QED) is 0.568. The molecule has 4 fully saturated rings. The van der Waals surface area contributed by atoms with E-state index in [0.29, 0.717) is 11.8 Å². The minimum atomic E-state index is -0.246. The molecule has 0 atom stereocenters. The van der Waals surface area contributed by atoms with Gasteiger partial charge in [-0.2, -0.15) is 0 Å². The summed E-state index contributed by atoms with van der Waals surface area (Å²) >= 11 is 0. The fourth-order valence-electron chi connectivity index (χ4n) is 7.04. The number of rotatable bonds is 8. The van der Waals surface area contributed by atoms with Crippen LogP contribution in [0.5, 0.6) is 0 Å². The third-order valence-corrected chi connectivity index (χ3v) is 7.85. The van der Waals surface area contributed by atoms with Gasteiger partial charge in [0.2, 0.25) is 0 Å². The summed E-state index contributed by atoms with van der Waals surface area (Å²) < 4.78 is 14.5. The molecule has 29 heavy (non-hydrogen) atoms. The van der Waals surface area contributed by atoms with Crippen LogP contribution in [0.15, 0.2) is 30.5 Å². The van der Waals surface area contributed by atoms with Crippen molar-refractivity contribution in [2.75, 3.05) is 13.2 Å². The number of aryl methyl sites for hydroxylation is 1. The lowest BCUT2D eigenvalue weighted by Gasteiger charge is -2.56. The van der Waals surface area contributed by atoms with E-state index in [-0.39, 0.29) is 12.6 Å². The molecule has 1 amide bonds. The van der Waals surface area contributed by atoms with Gasteiger partial charge in [-0.25, -0.2) is 0 Å². The molecule has 0 saturated heterocycles. The Labute approximate surface area is 173 Å². The number of unbranched alkanes of at least 4 members (excludes halogenated alkanes) is 2. The van der Waals surface area contributed by atoms with Gasteiger partial charge in [0.15, 0.2) is 0 Å². The van der Waals surface area contributed by atoms with Gasteiger partial charge in [-0.05, 0) is 87.0 Å². The monoisotopic (exact) mass is 396 g/mol. The summed E-state index contributed by atoms with van der Waals surface area (Å²) in [5, 5.41) is 4.36. The average molecular weight is 397 g/mol. The molecular weight excluding hydrogens is 363 g/mol. The molecule has 1 aromatic heterocycles. The Morgan fingerprint density at radius 2 is 1.72 bits per heavy atom. The summed E-state index contributed by atoms with van der Waals surface area (Å²) in [6.45, 7) is 1.43. The highest BCUT2D eigenvalue weighted by atomic mass is 19.1. The fraction of sp³-hybridized carbons (Fsp3) is 0.640. The van der Waals surface area contributed by atoms with Crippen molar-refractivity contribution in [1.82, 2.24) is 9.88 Å². The summed E-state index contributed by atoms with van der Waals surface area (Å²) in [6.07, 6.45) is 12.7. The summed E-state index contributed by atoms with van der Waals surface area (Å²) in [4.78, 5) is 13.2. The smallest absolute Gasteiger partial charge is 0.253 e. The molecule has 4 saturated carbocycles. The first-order valence-corrected chi connectivity index (χ1v) is 11.6. The second-order valence-electron chi connectivity index (χ2n) is 10.1. The average Bonchev–Trinajstić information content (AvgIpc) is 3.07. The van der Waals surface area contributed by atoms with Crippen LogP contribution in [0.25, 0.3) is 10.9 Å². The highest BCUT2D eigenvalue weighted by Gasteiger charge is 2.50. The first-order chi connectivity index (χ1) is 14.2. The van der Waals surface area contributed by atoms with Crippen molar-refractivity contribution in [2.45, 2.75) is 64.3 Å². The van der Waals surface area contributed by atoms with Gasteiger partial charge in [0, 0.05) is 30.2 Å². The van der Waals surface area contributed by atoms with Gasteiger partial charge in [0.1, 0.15) is 0 Å². The van der Waals surface area contributed by atoms with Crippen LogP contribution in [-0.2, 0) is 6.54 Å². The largest absolute Gasteiger partial charge is 0.351 e. The predicted octanol–water partition coefficient (Wildman–Crippen LogP) is 5.73. The molecule has 1 aromatic carbocycles. The molecule has 2 aromatic rings. The van der Waals surface area contributed by atoms with Gasteiger partial charge in [-0.3, -0.25) is 9.18 Å². The second kappa shape index (κ2) is 7.77. The van der Waals surface area contributed by atoms with E-state index in [1.807, 2.05) is 24.4 Å². The summed E-state index contributed by atoms with van der Waals surface area (Å²) in [7, 11) is 0. The molecule has 0 aliphatic heterocycles. The van der Waals surface area contributed by atoms with E-state index in [1.165, 1.54) is 38.5 Å². The summed E-state index contributed by atoms with van der Waals surface area (Å²) in [5.74, 6) is 2.79. The highest BCUT2D eigenvalue weighted by molar-refractivity contribution is 6.07. The number of hydrogen-bond donors (Lipinski definition) is 1. The lowest BCUT2D eigenvalue weighted by molar-refractivity contribution is -0.0503. The molecule has 0 unspecified atom stereocenters. The predicted molar refractivity (Wildman–Crippen MR) is 115 cm³/mol. The molecule has 4 heteroatoms. The third kappa shape index (κ3) is 3.71. The minimum absolute atomic E-state index is 0.0689. The van der Waals surface area contributed by atoms with E-state index >= 15 is 0 Å². The summed E-state index contributed by atoms with van der Waals surface area (Å²) in [6, 6.07) is 8.16. The number of carbonyl (C=O) groups is 1. The molecule has 0 spiro atoms. The van der Waals surface area contributed by atoms with Gasteiger partial charge < -0.3 is 9.88 Å². The van der Waals surface area contributed by atoms with Gasteiger partial charge in [-0.1, -0.05) is 18.2 Å². The van der Waals surface area contributed by atoms with Crippen molar-refractivity contribution in [3.8, 4) is 0 Å². The molecule has 3 nitrogen and oxygen atoms in total. The van der Waals surface area contributed by atoms with E-state index in [9.17, 15) is 9.18 Å². The molecule has 6 rings (SSSR count). The third-order valence-electron chi connectivity index (χ3n) is 7.85. The van der Waals surface area contributed by atoms with Crippen molar-refractivity contribution >= 4 is 16.8 Å². The number of aromatic nitrogens is 1. The molecule has 4 bridgehead atoms. The number of nitrogens with zero attached hydrogens (tertiary/aromatic N) is 1. The second-order valence-corrected chi connectivity index (χ2v) is 10.1. The van der Waals surface area contributed by atoms with E-state index < -0.39 is 0 Å². The van der Waals surface area contributed by atoms with Gasteiger partial charge in [0.05, 0.1) is 12.2 Å². The lowest BCUT2D eigenvalue weighted by atomic mass is 9.49. The van der Waals surface area contributed by atoms with Crippen LogP contribution < -0.4 is 5.32 Å². The lowest BCUT2D eigenvalue weighted by Crippen LogP contribution is -2.51. The molecule has 4 aliphatic rings. The van der Waals surface area contributed by atoms with Crippen molar-refractivity contribution in [3.63, 3.8) is 0 Å². The standard InChI is InChI=1S/C25H33FN2O/c26-8-4-1-5-9-28-16-22(21-6-2-3-7-23(21)28)24(29)27-17-25-13-18-10-19(14-25)12-20(11-18)15-25/h2-3,6-7,16,18-20H,1,4-5,8-15,17H2,(H,27,29). The zero-order valence-corrected chi connectivity index (χ0v) is 17.3. The van der Waals surface area contributed by atoms with Crippen LogP contribution in [0.2, 0.25) is 0 Å². The van der Waals surface area contributed by atoms with Crippen LogP contribution in [0.4, 0.5) is 4.39 Å². The Kier molecular flexibility index (Phi) is 5.13. The topological polar surface area (TPSA) is 34.0 Å². The van der Waals surface area contributed by atoms with Gasteiger partial charge in [0.25, 0.3) is 5.91 Å². The number of benzene rings is 1. The number of fused-ring (bicyclic) bond motifs is 1. The zero-order chi connectivity index (χ0) is 19.8. The first kappa shape index (κ1) is 19.1. The number of nitrogens with one attached hydrogen (secondary N) is 1. The van der Waals surface area contributed by atoms with Gasteiger partial charge >= 0.3 is 0 Å². The Bertz CT molecular complexity index is 851. The number of alkyl halides is 1. The SMILES string of the molecule is O=C(NCC12CC3CC(CC(C3)C1)C2)c1cn(CCCCCF)c2ccccc12. The molecule has 4 aliphatic carbocycles. The van der Waals surface area contributed by atoms with Crippen LogP contribution in [0, 0.1) is 23.2 Å². The van der Waals surface area contributed by atoms with E-state index in [2.05, 4.69) is 16.0 Å². The molecule has 1 heterocycles. The number of amides is 1. The van der Waals surface area contributed by atoms with Crippen LogP contribution in [0.1, 0.15) is 68.1 Å². The van der Waals surface area contributed by atoms with Gasteiger partial charge in [-0.15, -0.1) is 0 Å². The Morgan fingerprint density at radius 3 is 2.41 bits per heavy atom. The minimum Gasteiger partial charge on any atom is -0.351 e. The van der Waals surface area contributed by atoms with E-state index in [1.54, 1.807) is 0 Å². The van der Waals surface area contributed by atoms with E-state index in [0.717, 1.165) is 60.2 Å². The normalized spacial score (nSPS) is 30.2. The zero-order valence-electron chi connectivity index (χ0n) is 17.3. The molecular formula is C25H33FN2O. The maximum atomic E-state index is 13.2. The van der Waals surface area contributed by atoms with Crippen molar-refractivity contribution in [2.24, 2.45) is 23.2 Å². The summed E-state index contributed by atoms with van der Waals surface area (Å²) in [5.41, 5.74) is 2.25. The Morgan fingerprint density at radius 1 is 1.03 bits per heavy atom. The molecule has 0 radical (unpaired) electrons. The van der Waals surface area contributed by atoms with Crippen molar-refractivity contribution in [3.05, 3.63) is 36.0 Å². The van der Waals surface area contributed by atoms with Crippen LogP contribution in [-0.4, -0.2) is 23.7 Å².